The van der Waals surface area contributed by atoms with Gasteiger partial charge >= 0.3 is 0 Å². The second kappa shape index (κ2) is 2.18. The number of hydrogen-bond acceptors (Lipinski definition) is 1. The first kappa shape index (κ1) is 5.54. The fourth-order valence-corrected chi connectivity index (χ4v) is 0.968. The molecule has 48 valence electrons. The van der Waals surface area contributed by atoms with Crippen molar-refractivity contribution in [1.82, 2.24) is 0 Å². The Balaban J connectivity index is 2.47. The third-order valence-electron chi connectivity index (χ3n) is 1.49. The highest BCUT2D eigenvalue weighted by molar-refractivity contribution is 5.35. The van der Waals surface area contributed by atoms with Crippen molar-refractivity contribution in [1.29, 1.82) is 0 Å². The lowest BCUT2D eigenvalue weighted by molar-refractivity contribution is 0.436. The van der Waals surface area contributed by atoms with Gasteiger partial charge in [-0.1, -0.05) is 12.1 Å². The predicted octanol–water partition coefficient (Wildman–Crippen LogP) is 1.74. The van der Waals surface area contributed by atoms with Gasteiger partial charge in [-0.2, -0.15) is 0 Å². The van der Waals surface area contributed by atoms with E-state index in [4.69, 9.17) is 4.74 Å². The molecule has 1 aromatic carbocycles. The largest absolute Gasteiger partial charge is 0.453 e. The number of fused-ring (bicyclic) bond motifs is 1. The molecule has 0 aromatic heterocycles. The molecule has 0 atom stereocenters. The van der Waals surface area contributed by atoms with Gasteiger partial charge in [0, 0.05) is 0 Å². The molecule has 0 fully saturated rings. The molecule has 0 bridgehead atoms. The van der Waals surface area contributed by atoms with Gasteiger partial charge in [-0.25, -0.2) is 0 Å². The van der Waals surface area contributed by atoms with Crippen molar-refractivity contribution in [2.24, 2.45) is 0 Å². The Hall–Kier alpha value is -1.24. The SMILES string of the molecule is [C]1=CCc2cc[c]cc2O1. The van der Waals surface area contributed by atoms with E-state index in [1.54, 1.807) is 0 Å². The first-order chi connectivity index (χ1) is 4.97. The van der Waals surface area contributed by atoms with Gasteiger partial charge in [-0.3, -0.25) is 0 Å². The van der Waals surface area contributed by atoms with E-state index >= 15 is 0 Å². The minimum Gasteiger partial charge on any atom is -0.453 e. The molecule has 0 spiro atoms. The van der Waals surface area contributed by atoms with Crippen molar-refractivity contribution in [3.05, 3.63) is 42.2 Å². The van der Waals surface area contributed by atoms with Gasteiger partial charge in [-0.05, 0) is 30.2 Å². The van der Waals surface area contributed by atoms with Gasteiger partial charge in [0.25, 0.3) is 0 Å². The maximum absolute atomic E-state index is 5.09. The molecule has 1 heterocycles. The molecule has 0 saturated carbocycles. The minimum absolute atomic E-state index is 0.880. The highest BCUT2D eigenvalue weighted by atomic mass is 16.5. The summed E-state index contributed by atoms with van der Waals surface area (Å²) in [6.45, 7) is 0. The van der Waals surface area contributed by atoms with Crippen molar-refractivity contribution >= 4 is 0 Å². The van der Waals surface area contributed by atoms with Crippen LogP contribution in [0.5, 0.6) is 5.75 Å². The van der Waals surface area contributed by atoms with Gasteiger partial charge < -0.3 is 4.74 Å². The lowest BCUT2D eigenvalue weighted by Gasteiger charge is -2.08. The first-order valence-electron chi connectivity index (χ1n) is 3.20. The van der Waals surface area contributed by atoms with Gasteiger partial charge in [0.1, 0.15) is 5.75 Å². The Kier molecular flexibility index (Phi) is 1.21. The van der Waals surface area contributed by atoms with Crippen molar-refractivity contribution in [3.8, 4) is 5.75 Å². The summed E-state index contributed by atoms with van der Waals surface area (Å²) in [6, 6.07) is 8.67. The second-order valence-electron chi connectivity index (χ2n) is 2.16. The quantitative estimate of drug-likeness (QED) is 0.519. The van der Waals surface area contributed by atoms with Crippen LogP contribution in [0.25, 0.3) is 0 Å². The Bertz CT molecular complexity index is 236. The smallest absolute Gasteiger partial charge is 0.165 e. The summed E-state index contributed by atoms with van der Waals surface area (Å²) in [5.74, 6) is 0.880. The van der Waals surface area contributed by atoms with Crippen LogP contribution in [0.15, 0.2) is 24.3 Å². The van der Waals surface area contributed by atoms with Crippen LogP contribution in [0.4, 0.5) is 0 Å². The molecule has 0 aliphatic carbocycles. The molecule has 2 radical (unpaired) electrons. The third-order valence-corrected chi connectivity index (χ3v) is 1.49. The van der Waals surface area contributed by atoms with Gasteiger partial charge in [0.2, 0.25) is 0 Å². The summed E-state index contributed by atoms with van der Waals surface area (Å²) in [5, 5.41) is 0. The van der Waals surface area contributed by atoms with Crippen LogP contribution < -0.4 is 4.74 Å². The monoisotopic (exact) mass is 130 g/mol. The molecule has 0 unspecified atom stereocenters. The third kappa shape index (κ3) is 0.798. The first-order valence-corrected chi connectivity index (χ1v) is 3.20. The van der Waals surface area contributed by atoms with Crippen LogP contribution in [-0.4, -0.2) is 0 Å². The van der Waals surface area contributed by atoms with Crippen LogP contribution in [0.1, 0.15) is 5.56 Å². The van der Waals surface area contributed by atoms with Crippen molar-refractivity contribution in [3.63, 3.8) is 0 Å². The average Bonchev–Trinajstić information content (AvgIpc) is 2.05. The Morgan fingerprint density at radius 2 is 2.50 bits per heavy atom. The van der Waals surface area contributed by atoms with Crippen LogP contribution in [0, 0.1) is 12.3 Å². The molecule has 1 nitrogen and oxygen atoms in total. The summed E-state index contributed by atoms with van der Waals surface area (Å²) < 4.78 is 5.09. The zero-order valence-corrected chi connectivity index (χ0v) is 5.42. The molecular weight excluding hydrogens is 124 g/mol. The average molecular weight is 130 g/mol. The predicted molar refractivity (Wildman–Crippen MR) is 37.4 cm³/mol. The van der Waals surface area contributed by atoms with Crippen molar-refractivity contribution in [2.75, 3.05) is 0 Å². The molecule has 1 aliphatic heterocycles. The maximum Gasteiger partial charge on any atom is 0.165 e. The number of rotatable bonds is 0. The highest BCUT2D eigenvalue weighted by Crippen LogP contribution is 2.21. The number of allylic oxidation sites excluding steroid dienone is 1. The molecule has 0 amide bonds. The number of benzene rings is 1. The van der Waals surface area contributed by atoms with E-state index in [1.165, 1.54) is 5.56 Å². The Morgan fingerprint density at radius 1 is 1.50 bits per heavy atom. The van der Waals surface area contributed by atoms with Crippen LogP contribution in [0.2, 0.25) is 0 Å². The molecule has 10 heavy (non-hydrogen) atoms. The summed E-state index contributed by atoms with van der Waals surface area (Å²) in [7, 11) is 0. The highest BCUT2D eigenvalue weighted by Gasteiger charge is 2.03. The van der Waals surface area contributed by atoms with E-state index in [2.05, 4.69) is 12.3 Å². The standard InChI is InChI=1S/C9H6O/c1-2-6-9-8(4-1)5-3-7-10-9/h1,3-4,6H,5H2. The molecule has 1 aromatic rings. The van der Waals surface area contributed by atoms with Crippen molar-refractivity contribution < 1.29 is 4.74 Å². The summed E-state index contributed by atoms with van der Waals surface area (Å²) in [6.07, 6.45) is 5.49. The normalized spacial score (nSPS) is 14.0. The minimum atomic E-state index is 0.880. The van der Waals surface area contributed by atoms with E-state index < -0.39 is 0 Å². The second-order valence-corrected chi connectivity index (χ2v) is 2.16. The van der Waals surface area contributed by atoms with Crippen molar-refractivity contribution in [2.45, 2.75) is 6.42 Å². The molecule has 0 N–H and O–H groups in total. The number of hydrogen-bond donors (Lipinski definition) is 0. The fraction of sp³-hybridized carbons (Fsp3) is 0.111. The summed E-state index contributed by atoms with van der Waals surface area (Å²) in [5.41, 5.74) is 1.21. The zero-order valence-electron chi connectivity index (χ0n) is 5.42. The fourth-order valence-electron chi connectivity index (χ4n) is 0.968. The van der Waals surface area contributed by atoms with Gasteiger partial charge in [0.15, 0.2) is 6.26 Å². The van der Waals surface area contributed by atoms with Gasteiger partial charge in [0.05, 0.1) is 0 Å². The Morgan fingerprint density at radius 3 is 3.40 bits per heavy atom. The van der Waals surface area contributed by atoms with E-state index in [0.29, 0.717) is 0 Å². The zero-order chi connectivity index (χ0) is 6.81. The molecule has 2 rings (SSSR count). The van der Waals surface area contributed by atoms with E-state index in [9.17, 15) is 0 Å². The topological polar surface area (TPSA) is 9.23 Å². The van der Waals surface area contributed by atoms with Crippen LogP contribution in [0.3, 0.4) is 0 Å². The van der Waals surface area contributed by atoms with Gasteiger partial charge in [-0.15, -0.1) is 0 Å². The van der Waals surface area contributed by atoms with E-state index in [1.807, 2.05) is 24.3 Å². The van der Waals surface area contributed by atoms with E-state index in [-0.39, 0.29) is 0 Å². The Labute approximate surface area is 59.9 Å². The summed E-state index contributed by atoms with van der Waals surface area (Å²) >= 11 is 0. The summed E-state index contributed by atoms with van der Waals surface area (Å²) in [4.78, 5) is 0. The number of ether oxygens (including phenoxy) is 1. The van der Waals surface area contributed by atoms with Crippen LogP contribution >= 0.6 is 0 Å². The molecule has 0 saturated heterocycles. The molecule has 1 aliphatic rings. The lowest BCUT2D eigenvalue weighted by atomic mass is 10.1. The lowest BCUT2D eigenvalue weighted by Crippen LogP contribution is -1.95. The van der Waals surface area contributed by atoms with Crippen LogP contribution in [-0.2, 0) is 6.42 Å². The van der Waals surface area contributed by atoms with E-state index in [0.717, 1.165) is 12.2 Å². The molecule has 1 heteroatoms. The molecular formula is C9H6O. The maximum atomic E-state index is 5.09.